The molecule has 1 rings (SSSR count). The van der Waals surface area contributed by atoms with E-state index in [0.717, 1.165) is 12.0 Å². The van der Waals surface area contributed by atoms with Gasteiger partial charge in [0.05, 0.1) is 6.10 Å². The molecule has 0 amide bonds. The second-order valence-electron chi connectivity index (χ2n) is 3.16. The normalized spacial score (nSPS) is 11.1. The van der Waals surface area contributed by atoms with Crippen molar-refractivity contribution < 1.29 is 5.11 Å². The highest BCUT2D eigenvalue weighted by Crippen LogP contribution is 2.09. The van der Waals surface area contributed by atoms with Crippen LogP contribution in [0.1, 0.15) is 38.4 Å². The molecule has 0 saturated heterocycles. The van der Waals surface area contributed by atoms with Crippen molar-refractivity contribution in [3.63, 3.8) is 0 Å². The molecule has 0 spiro atoms. The third-order valence-corrected chi connectivity index (χ3v) is 1.77. The van der Waals surface area contributed by atoms with Crippen LogP contribution in [0.4, 0.5) is 0 Å². The van der Waals surface area contributed by atoms with E-state index >= 15 is 0 Å². The lowest BCUT2D eigenvalue weighted by Gasteiger charge is -2.00. The number of allylic oxidation sites excluding steroid dienone is 1. The lowest BCUT2D eigenvalue weighted by molar-refractivity contribution is 0.199. The fraction of sp³-hybridized carbons (Fsp3) is 0.385. The highest BCUT2D eigenvalue weighted by atomic mass is 16.3. The van der Waals surface area contributed by atoms with Gasteiger partial charge < -0.3 is 5.11 Å². The summed E-state index contributed by atoms with van der Waals surface area (Å²) in [5.74, 6) is 0. The van der Waals surface area contributed by atoms with Gasteiger partial charge in [0, 0.05) is 0 Å². The van der Waals surface area contributed by atoms with Crippen molar-refractivity contribution >= 4 is 0 Å². The first-order chi connectivity index (χ1) is 6.72. The van der Waals surface area contributed by atoms with Gasteiger partial charge in [-0.2, -0.15) is 0 Å². The lowest BCUT2D eigenvalue weighted by atomic mass is 10.1. The van der Waals surface area contributed by atoms with Crippen molar-refractivity contribution in [1.82, 2.24) is 0 Å². The van der Waals surface area contributed by atoms with Crippen LogP contribution in [0.5, 0.6) is 0 Å². The third-order valence-electron chi connectivity index (χ3n) is 1.77. The Morgan fingerprint density at radius 2 is 1.93 bits per heavy atom. The van der Waals surface area contributed by atoms with Crippen molar-refractivity contribution in [2.24, 2.45) is 0 Å². The van der Waals surface area contributed by atoms with E-state index in [1.165, 1.54) is 6.42 Å². The molecule has 1 heteroatoms. The molecule has 0 aliphatic rings. The smallest absolute Gasteiger partial charge is 0.0761 e. The number of rotatable bonds is 3. The maximum absolute atomic E-state index is 9.02. The zero-order valence-corrected chi connectivity index (χ0v) is 9.11. The summed E-state index contributed by atoms with van der Waals surface area (Å²) >= 11 is 0. The van der Waals surface area contributed by atoms with Crippen LogP contribution in [-0.2, 0) is 0 Å². The molecule has 1 aromatic carbocycles. The van der Waals surface area contributed by atoms with Crippen LogP contribution in [-0.4, -0.2) is 5.11 Å². The van der Waals surface area contributed by atoms with Gasteiger partial charge in [0.1, 0.15) is 0 Å². The minimum Gasteiger partial charge on any atom is -0.389 e. The molecule has 0 fully saturated rings. The first-order valence-corrected chi connectivity index (χ1v) is 5.06. The Balaban J connectivity index is 0.000000292. The number of hydrogen-bond acceptors (Lipinski definition) is 1. The quantitative estimate of drug-likeness (QED) is 0.724. The molecule has 0 saturated carbocycles. The third kappa shape index (κ3) is 6.44. The summed E-state index contributed by atoms with van der Waals surface area (Å²) in [5.41, 5.74) is 0.970. The minimum atomic E-state index is -0.341. The van der Waals surface area contributed by atoms with Gasteiger partial charge in [-0.3, -0.25) is 0 Å². The van der Waals surface area contributed by atoms with E-state index in [0.29, 0.717) is 0 Å². The molecule has 78 valence electrons. The van der Waals surface area contributed by atoms with E-state index in [9.17, 15) is 0 Å². The standard InChI is InChI=1S/C8H10O.C5H10/c1-7(9)8-5-3-2-4-6-8;1-3-5-4-2/h2-7,9H,1H3;3H,1,4-5H2,2H3. The molecule has 0 heterocycles. The van der Waals surface area contributed by atoms with E-state index in [2.05, 4.69) is 13.5 Å². The maximum Gasteiger partial charge on any atom is 0.0761 e. The summed E-state index contributed by atoms with van der Waals surface area (Å²) in [6.45, 7) is 7.45. The molecule has 0 aliphatic carbocycles. The summed E-state index contributed by atoms with van der Waals surface area (Å²) in [5, 5.41) is 9.02. The van der Waals surface area contributed by atoms with Crippen molar-refractivity contribution in [2.45, 2.75) is 32.8 Å². The Bertz CT molecular complexity index is 226. The predicted molar refractivity (Wildman–Crippen MR) is 62.2 cm³/mol. The second kappa shape index (κ2) is 8.52. The van der Waals surface area contributed by atoms with Crippen molar-refractivity contribution in [2.75, 3.05) is 0 Å². The van der Waals surface area contributed by atoms with E-state index in [4.69, 9.17) is 5.11 Å². The number of aliphatic hydroxyl groups is 1. The average molecular weight is 192 g/mol. The Morgan fingerprint density at radius 3 is 2.14 bits per heavy atom. The molecule has 1 aromatic rings. The Kier molecular flexibility index (Phi) is 7.86. The van der Waals surface area contributed by atoms with Gasteiger partial charge in [0.2, 0.25) is 0 Å². The van der Waals surface area contributed by atoms with Gasteiger partial charge in [-0.1, -0.05) is 49.8 Å². The molecular formula is C13H20O. The average Bonchev–Trinajstić information content (AvgIpc) is 2.21. The zero-order chi connectivity index (χ0) is 10.8. The number of aliphatic hydroxyl groups excluding tert-OH is 1. The predicted octanol–water partition coefficient (Wildman–Crippen LogP) is 3.71. The van der Waals surface area contributed by atoms with E-state index in [1.54, 1.807) is 6.92 Å². The number of hydrogen-bond donors (Lipinski definition) is 1. The van der Waals surface area contributed by atoms with E-state index in [1.807, 2.05) is 36.4 Å². The Hall–Kier alpha value is -1.08. The lowest BCUT2D eigenvalue weighted by Crippen LogP contribution is -1.87. The molecule has 0 radical (unpaired) electrons. The largest absolute Gasteiger partial charge is 0.389 e. The SMILES string of the molecule is C=CCCC.CC(O)c1ccccc1. The monoisotopic (exact) mass is 192 g/mol. The molecule has 0 aliphatic heterocycles. The second-order valence-corrected chi connectivity index (χ2v) is 3.16. The molecule has 1 N–H and O–H groups in total. The highest BCUT2D eigenvalue weighted by Gasteiger charge is 1.95. The van der Waals surface area contributed by atoms with Crippen LogP contribution >= 0.6 is 0 Å². The first kappa shape index (κ1) is 12.9. The minimum absolute atomic E-state index is 0.341. The molecule has 14 heavy (non-hydrogen) atoms. The van der Waals surface area contributed by atoms with Crippen LogP contribution in [0.2, 0.25) is 0 Å². The summed E-state index contributed by atoms with van der Waals surface area (Å²) in [4.78, 5) is 0. The van der Waals surface area contributed by atoms with Crippen LogP contribution in [0.15, 0.2) is 43.0 Å². The highest BCUT2D eigenvalue weighted by molar-refractivity contribution is 5.16. The van der Waals surface area contributed by atoms with Crippen LogP contribution in [0.3, 0.4) is 0 Å². The molecular weight excluding hydrogens is 172 g/mol. The van der Waals surface area contributed by atoms with E-state index in [-0.39, 0.29) is 6.10 Å². The summed E-state index contributed by atoms with van der Waals surface area (Å²) in [7, 11) is 0. The fourth-order valence-corrected chi connectivity index (χ4v) is 0.936. The summed E-state index contributed by atoms with van der Waals surface area (Å²) in [6, 6.07) is 9.59. The molecule has 1 atom stereocenters. The summed E-state index contributed by atoms with van der Waals surface area (Å²) in [6.07, 6.45) is 3.97. The van der Waals surface area contributed by atoms with Gasteiger partial charge in [-0.25, -0.2) is 0 Å². The first-order valence-electron chi connectivity index (χ1n) is 5.06. The van der Waals surface area contributed by atoms with Crippen molar-refractivity contribution in [3.05, 3.63) is 48.6 Å². The molecule has 1 unspecified atom stereocenters. The van der Waals surface area contributed by atoms with Gasteiger partial charge in [-0.05, 0) is 18.9 Å². The van der Waals surface area contributed by atoms with Crippen LogP contribution < -0.4 is 0 Å². The van der Waals surface area contributed by atoms with Gasteiger partial charge >= 0.3 is 0 Å². The molecule has 1 nitrogen and oxygen atoms in total. The number of unbranched alkanes of at least 4 members (excludes halogenated alkanes) is 1. The fourth-order valence-electron chi connectivity index (χ4n) is 0.936. The van der Waals surface area contributed by atoms with Crippen LogP contribution in [0, 0.1) is 0 Å². The van der Waals surface area contributed by atoms with Gasteiger partial charge in [-0.15, -0.1) is 6.58 Å². The summed E-state index contributed by atoms with van der Waals surface area (Å²) < 4.78 is 0. The van der Waals surface area contributed by atoms with Crippen LogP contribution in [0.25, 0.3) is 0 Å². The molecule has 0 aromatic heterocycles. The van der Waals surface area contributed by atoms with E-state index < -0.39 is 0 Å². The van der Waals surface area contributed by atoms with Gasteiger partial charge in [0.25, 0.3) is 0 Å². The zero-order valence-electron chi connectivity index (χ0n) is 9.11. The van der Waals surface area contributed by atoms with Gasteiger partial charge in [0.15, 0.2) is 0 Å². The number of benzene rings is 1. The maximum atomic E-state index is 9.02. The topological polar surface area (TPSA) is 20.2 Å². The molecule has 0 bridgehead atoms. The van der Waals surface area contributed by atoms with Crippen molar-refractivity contribution in [3.8, 4) is 0 Å². The Labute approximate surface area is 87.1 Å². The van der Waals surface area contributed by atoms with Crippen molar-refractivity contribution in [1.29, 1.82) is 0 Å². The Morgan fingerprint density at radius 1 is 1.36 bits per heavy atom.